The Bertz CT molecular complexity index is 955. The van der Waals surface area contributed by atoms with Crippen molar-refractivity contribution in [1.29, 1.82) is 0 Å². The maximum absolute atomic E-state index is 5.20. The summed E-state index contributed by atoms with van der Waals surface area (Å²) in [5.41, 5.74) is 3.67. The molecule has 3 heteroatoms. The maximum Gasteiger partial charge on any atom is 0.109 e. The highest BCUT2D eigenvalue weighted by molar-refractivity contribution is 7.10. The molecule has 0 aliphatic rings. The largest absolute Gasteiger partial charge is 0.472 e. The molecule has 0 bridgehead atoms. The Morgan fingerprint density at radius 1 is 0.514 bits per heavy atom. The molecule has 204 valence electrons. The van der Waals surface area contributed by atoms with Crippen molar-refractivity contribution < 1.29 is 8.83 Å². The van der Waals surface area contributed by atoms with Crippen molar-refractivity contribution in [3.63, 3.8) is 0 Å². The Labute approximate surface area is 231 Å². The molecule has 1 aromatic carbocycles. The molecule has 4 rings (SSSR count). The predicted molar refractivity (Wildman–Crippen MR) is 163 cm³/mol. The van der Waals surface area contributed by atoms with Gasteiger partial charge < -0.3 is 8.83 Å². The third-order valence-electron chi connectivity index (χ3n) is 5.55. The minimum atomic E-state index is 0.156. The monoisotopic (exact) mass is 522 g/mol. The number of hydrogen-bond acceptors (Lipinski definition) is 3. The van der Waals surface area contributed by atoms with Crippen molar-refractivity contribution in [2.24, 2.45) is 0 Å². The van der Waals surface area contributed by atoms with E-state index in [-0.39, 0.29) is 10.8 Å². The van der Waals surface area contributed by atoms with Crippen LogP contribution < -0.4 is 0 Å². The lowest BCUT2D eigenvalue weighted by Gasteiger charge is -2.18. The smallest absolute Gasteiger partial charge is 0.109 e. The van der Waals surface area contributed by atoms with E-state index in [0.717, 1.165) is 5.76 Å². The number of rotatable bonds is 0. The SMILES string of the molecule is CC(C)(C)c1ccccc1.CC(C)(C)c1ccco1.CC(C)(C)c1cccs1.CC(C)(C)c1ccoc1. The van der Waals surface area contributed by atoms with Gasteiger partial charge in [0.1, 0.15) is 5.76 Å². The highest BCUT2D eigenvalue weighted by Gasteiger charge is 2.16. The molecule has 2 nitrogen and oxygen atoms in total. The zero-order valence-electron chi connectivity index (χ0n) is 25.3. The van der Waals surface area contributed by atoms with Crippen LogP contribution in [-0.2, 0) is 21.7 Å². The molecular weight excluding hydrogens is 472 g/mol. The van der Waals surface area contributed by atoms with E-state index in [0.29, 0.717) is 10.8 Å². The van der Waals surface area contributed by atoms with E-state index in [1.54, 1.807) is 18.8 Å². The van der Waals surface area contributed by atoms with Crippen LogP contribution in [-0.4, -0.2) is 0 Å². The number of benzene rings is 1. The van der Waals surface area contributed by atoms with Gasteiger partial charge >= 0.3 is 0 Å². The quantitative estimate of drug-likeness (QED) is 0.229. The van der Waals surface area contributed by atoms with Gasteiger partial charge in [0, 0.05) is 10.3 Å². The zero-order valence-corrected chi connectivity index (χ0v) is 26.1. The van der Waals surface area contributed by atoms with Gasteiger partial charge in [-0.3, -0.25) is 0 Å². The topological polar surface area (TPSA) is 26.3 Å². The van der Waals surface area contributed by atoms with E-state index in [4.69, 9.17) is 8.83 Å². The molecule has 0 fully saturated rings. The first kappa shape index (κ1) is 32.5. The Morgan fingerprint density at radius 2 is 1.11 bits per heavy atom. The fourth-order valence-corrected chi connectivity index (χ4v) is 3.85. The van der Waals surface area contributed by atoms with Gasteiger partial charge in [0.05, 0.1) is 18.8 Å². The molecule has 0 spiro atoms. The molecule has 37 heavy (non-hydrogen) atoms. The second kappa shape index (κ2) is 13.9. The van der Waals surface area contributed by atoms with Crippen LogP contribution in [0, 0.1) is 0 Å². The first-order valence-electron chi connectivity index (χ1n) is 13.1. The molecule has 3 aromatic heterocycles. The van der Waals surface area contributed by atoms with Gasteiger partial charge in [-0.1, -0.05) is 119 Å². The summed E-state index contributed by atoms with van der Waals surface area (Å²) in [4.78, 5) is 1.46. The van der Waals surface area contributed by atoms with Crippen molar-refractivity contribution >= 4 is 11.3 Å². The van der Waals surface area contributed by atoms with E-state index in [2.05, 4.69) is 131 Å². The fraction of sp³-hybridized carbons (Fsp3) is 0.471. The molecule has 0 saturated carbocycles. The highest BCUT2D eigenvalue weighted by Crippen LogP contribution is 2.26. The minimum absolute atomic E-state index is 0.156. The van der Waals surface area contributed by atoms with Crippen molar-refractivity contribution in [3.05, 3.63) is 107 Å². The van der Waals surface area contributed by atoms with Gasteiger partial charge in [0.15, 0.2) is 0 Å². The molecule has 0 radical (unpaired) electrons. The normalized spacial score (nSPS) is 11.8. The summed E-state index contributed by atoms with van der Waals surface area (Å²) in [6.07, 6.45) is 5.21. The standard InChI is InChI=1S/C10H14.2C8H12O.C8H12S/c1-10(2,3)9-7-5-4-6-8-9;1-8(2,3)7-4-5-9-6-7;2*1-8(2,3)7-5-4-6-9-7/h4-8H,1-3H3;3*4-6H,1-3H3. The molecule has 0 amide bonds. The highest BCUT2D eigenvalue weighted by atomic mass is 32.1. The molecule has 0 aliphatic heterocycles. The van der Waals surface area contributed by atoms with E-state index in [9.17, 15) is 0 Å². The maximum atomic E-state index is 5.20. The van der Waals surface area contributed by atoms with Crippen molar-refractivity contribution in [2.45, 2.75) is 105 Å². The third-order valence-corrected chi connectivity index (χ3v) is 6.84. The summed E-state index contributed by atoms with van der Waals surface area (Å²) in [6.45, 7) is 26.3. The van der Waals surface area contributed by atoms with E-state index in [1.807, 2.05) is 29.5 Å². The van der Waals surface area contributed by atoms with Gasteiger partial charge in [-0.15, -0.1) is 11.3 Å². The van der Waals surface area contributed by atoms with Gasteiger partial charge in [0.2, 0.25) is 0 Å². The third kappa shape index (κ3) is 13.0. The minimum Gasteiger partial charge on any atom is -0.472 e. The lowest BCUT2D eigenvalue weighted by Crippen LogP contribution is -2.10. The molecule has 4 aromatic rings. The van der Waals surface area contributed by atoms with Crippen LogP contribution in [0.2, 0.25) is 0 Å². The molecule has 0 saturated heterocycles. The Kier molecular flexibility index (Phi) is 12.2. The Balaban J connectivity index is 0.000000247. The second-order valence-corrected chi connectivity index (χ2v) is 14.3. The van der Waals surface area contributed by atoms with Crippen molar-refractivity contribution in [1.82, 2.24) is 0 Å². The molecular formula is C34H50O2S. The molecule has 0 atom stereocenters. The summed E-state index contributed by atoms with van der Waals surface area (Å²) < 4.78 is 10.1. The summed E-state index contributed by atoms with van der Waals surface area (Å²) in [6, 6.07) is 20.8. The van der Waals surface area contributed by atoms with Gasteiger partial charge in [0.25, 0.3) is 0 Å². The molecule has 0 aliphatic carbocycles. The van der Waals surface area contributed by atoms with Crippen molar-refractivity contribution in [3.8, 4) is 0 Å². The number of thiophene rings is 1. The van der Waals surface area contributed by atoms with Gasteiger partial charge in [-0.25, -0.2) is 0 Å². The van der Waals surface area contributed by atoms with Crippen LogP contribution in [0.3, 0.4) is 0 Å². The van der Waals surface area contributed by atoms with Crippen LogP contribution in [0.15, 0.2) is 93.7 Å². The van der Waals surface area contributed by atoms with E-state index >= 15 is 0 Å². The van der Waals surface area contributed by atoms with Crippen LogP contribution in [0.1, 0.15) is 105 Å². The van der Waals surface area contributed by atoms with Crippen LogP contribution in [0.25, 0.3) is 0 Å². The fourth-order valence-electron chi connectivity index (χ4n) is 3.04. The number of furan rings is 2. The summed E-state index contributed by atoms with van der Waals surface area (Å²) in [5.74, 6) is 1.04. The second-order valence-electron chi connectivity index (χ2n) is 13.3. The lowest BCUT2D eigenvalue weighted by atomic mass is 9.87. The summed E-state index contributed by atoms with van der Waals surface area (Å²) >= 11 is 1.83. The summed E-state index contributed by atoms with van der Waals surface area (Å²) in [5, 5.41) is 2.13. The average molecular weight is 523 g/mol. The number of hydrogen-bond donors (Lipinski definition) is 0. The molecule has 0 unspecified atom stereocenters. The molecule has 0 N–H and O–H groups in total. The predicted octanol–water partition coefficient (Wildman–Crippen LogP) is 11.2. The zero-order chi connectivity index (χ0) is 28.3. The van der Waals surface area contributed by atoms with E-state index < -0.39 is 0 Å². The van der Waals surface area contributed by atoms with Crippen molar-refractivity contribution in [2.75, 3.05) is 0 Å². The average Bonchev–Trinajstić information content (AvgIpc) is 3.58. The summed E-state index contributed by atoms with van der Waals surface area (Å²) in [7, 11) is 0. The van der Waals surface area contributed by atoms with Crippen LogP contribution in [0.4, 0.5) is 0 Å². The van der Waals surface area contributed by atoms with Gasteiger partial charge in [-0.05, 0) is 57.0 Å². The van der Waals surface area contributed by atoms with Gasteiger partial charge in [-0.2, -0.15) is 0 Å². The first-order valence-corrected chi connectivity index (χ1v) is 14.0. The lowest BCUT2D eigenvalue weighted by molar-refractivity contribution is 0.409. The Morgan fingerprint density at radius 3 is 1.35 bits per heavy atom. The molecule has 3 heterocycles. The first-order chi connectivity index (χ1) is 16.9. The van der Waals surface area contributed by atoms with Crippen LogP contribution in [0.5, 0.6) is 0 Å². The Hall–Kier alpha value is -2.52. The van der Waals surface area contributed by atoms with Crippen LogP contribution >= 0.6 is 11.3 Å². The van der Waals surface area contributed by atoms with E-state index in [1.165, 1.54) is 16.0 Å².